The number of imidazole rings is 1. The van der Waals surface area contributed by atoms with Crippen molar-refractivity contribution in [3.8, 4) is 0 Å². The van der Waals surface area contributed by atoms with Crippen LogP contribution in [0.1, 0.15) is 19.0 Å². The molecule has 2 N–H and O–H groups in total. The fourth-order valence-electron chi connectivity index (χ4n) is 3.25. The molecule has 2 aromatic carbocycles. The number of aromatic nitrogens is 4. The number of carbonyl (C=O) groups is 1. The first-order chi connectivity index (χ1) is 13.2. The fraction of sp³-hybridized carbons (Fsp3) is 0.200. The summed E-state index contributed by atoms with van der Waals surface area (Å²) in [5, 5.41) is 10.6. The Kier molecular flexibility index (Phi) is 4.42. The van der Waals surface area contributed by atoms with Gasteiger partial charge in [0.2, 0.25) is 11.9 Å². The molecule has 0 saturated carbocycles. The van der Waals surface area contributed by atoms with Crippen LogP contribution in [0.25, 0.3) is 21.8 Å². The Balaban J connectivity index is 1.64. The molecule has 4 rings (SSSR count). The molecule has 0 radical (unpaired) electrons. The number of para-hydroxylation sites is 2. The van der Waals surface area contributed by atoms with Crippen molar-refractivity contribution in [2.45, 2.75) is 26.3 Å². The molecule has 0 bridgehead atoms. The number of amides is 1. The van der Waals surface area contributed by atoms with E-state index >= 15 is 0 Å². The van der Waals surface area contributed by atoms with E-state index in [9.17, 15) is 9.59 Å². The minimum absolute atomic E-state index is 0.0482. The van der Waals surface area contributed by atoms with Crippen LogP contribution in [0.3, 0.4) is 0 Å². The summed E-state index contributed by atoms with van der Waals surface area (Å²) in [6.45, 7) is 2.84. The Morgan fingerprint density at radius 1 is 1.11 bits per heavy atom. The van der Waals surface area contributed by atoms with Crippen molar-refractivity contribution in [1.29, 1.82) is 0 Å². The van der Waals surface area contributed by atoms with Crippen LogP contribution >= 0.6 is 0 Å². The average molecular weight is 361 g/mol. The van der Waals surface area contributed by atoms with Gasteiger partial charge in [-0.15, -0.1) is 0 Å². The van der Waals surface area contributed by atoms with Crippen LogP contribution in [-0.4, -0.2) is 25.7 Å². The number of benzene rings is 2. The highest BCUT2D eigenvalue weighted by Gasteiger charge is 2.15. The molecule has 7 nitrogen and oxygen atoms in total. The maximum absolute atomic E-state index is 12.6. The minimum Gasteiger partial charge on any atom is -0.310 e. The molecule has 136 valence electrons. The summed E-state index contributed by atoms with van der Waals surface area (Å²) in [6, 6.07) is 14.9. The molecule has 7 heteroatoms. The monoisotopic (exact) mass is 361 g/mol. The lowest BCUT2D eigenvalue weighted by atomic mass is 10.1. The molecule has 2 aromatic heterocycles. The molecule has 0 saturated heterocycles. The highest BCUT2D eigenvalue weighted by molar-refractivity contribution is 5.95. The van der Waals surface area contributed by atoms with Gasteiger partial charge in [-0.25, -0.2) is 10.1 Å². The zero-order chi connectivity index (χ0) is 18.8. The summed E-state index contributed by atoms with van der Waals surface area (Å²) < 4.78 is 2.01. The summed E-state index contributed by atoms with van der Waals surface area (Å²) >= 11 is 0. The van der Waals surface area contributed by atoms with E-state index in [1.165, 1.54) is 0 Å². The molecule has 27 heavy (non-hydrogen) atoms. The average Bonchev–Trinajstić information content (AvgIpc) is 3.02. The highest BCUT2D eigenvalue weighted by atomic mass is 16.2. The predicted molar refractivity (Wildman–Crippen MR) is 105 cm³/mol. The lowest BCUT2D eigenvalue weighted by Gasteiger charge is -2.09. The molecule has 1 amide bonds. The normalized spacial score (nSPS) is 11.1. The quantitative estimate of drug-likeness (QED) is 0.572. The minimum atomic E-state index is -0.264. The van der Waals surface area contributed by atoms with Crippen LogP contribution in [0.4, 0.5) is 5.95 Å². The summed E-state index contributed by atoms with van der Waals surface area (Å²) in [5.74, 6) is 0.296. The van der Waals surface area contributed by atoms with Crippen molar-refractivity contribution in [1.82, 2.24) is 19.7 Å². The molecule has 4 aromatic rings. The van der Waals surface area contributed by atoms with E-state index in [0.29, 0.717) is 22.4 Å². The second-order valence-corrected chi connectivity index (χ2v) is 6.35. The van der Waals surface area contributed by atoms with Gasteiger partial charge in [0, 0.05) is 11.9 Å². The summed E-state index contributed by atoms with van der Waals surface area (Å²) in [6.07, 6.45) is 0.974. The van der Waals surface area contributed by atoms with Crippen LogP contribution in [0.2, 0.25) is 0 Å². The molecule has 2 heterocycles. The van der Waals surface area contributed by atoms with Gasteiger partial charge in [-0.05, 0) is 24.6 Å². The van der Waals surface area contributed by atoms with Crippen LogP contribution in [0.5, 0.6) is 0 Å². The van der Waals surface area contributed by atoms with Crippen molar-refractivity contribution in [2.24, 2.45) is 0 Å². The van der Waals surface area contributed by atoms with Crippen LogP contribution in [0, 0.1) is 0 Å². The standard InChI is InChI=1S/C20H19N5O2/c1-2-11-25-17-10-6-5-9-15(17)21-20(25)22-18(26)12-16-13-7-3-4-8-14(13)19(27)24-23-16/h3-10H,2,11-12H2,1H3,(H,24,27)(H,21,22,26). The molecule has 0 spiro atoms. The van der Waals surface area contributed by atoms with Crippen molar-refractivity contribution < 1.29 is 4.79 Å². The van der Waals surface area contributed by atoms with Crippen molar-refractivity contribution >= 4 is 33.7 Å². The smallest absolute Gasteiger partial charge is 0.272 e. The number of H-pyrrole nitrogens is 1. The van der Waals surface area contributed by atoms with Gasteiger partial charge < -0.3 is 4.57 Å². The van der Waals surface area contributed by atoms with Crippen LogP contribution in [-0.2, 0) is 17.8 Å². The number of carbonyl (C=O) groups excluding carboxylic acids is 1. The van der Waals surface area contributed by atoms with E-state index in [1.54, 1.807) is 18.2 Å². The number of rotatable bonds is 5. The van der Waals surface area contributed by atoms with Gasteiger partial charge in [-0.3, -0.25) is 14.9 Å². The SMILES string of the molecule is CCCn1c(NC(=O)Cc2n[nH]c(=O)c3ccccc23)nc2ccccc21. The second-order valence-electron chi connectivity index (χ2n) is 6.35. The zero-order valence-corrected chi connectivity index (χ0v) is 14.9. The molecular weight excluding hydrogens is 342 g/mol. The second kappa shape index (κ2) is 7.03. The van der Waals surface area contributed by atoms with Gasteiger partial charge in [0.05, 0.1) is 28.5 Å². The summed E-state index contributed by atoms with van der Waals surface area (Å²) in [4.78, 5) is 29.1. The largest absolute Gasteiger partial charge is 0.310 e. The van der Waals surface area contributed by atoms with Crippen molar-refractivity contribution in [2.75, 3.05) is 5.32 Å². The first-order valence-electron chi connectivity index (χ1n) is 8.89. The molecule has 0 atom stereocenters. The Morgan fingerprint density at radius 3 is 2.67 bits per heavy atom. The van der Waals surface area contributed by atoms with Crippen LogP contribution < -0.4 is 10.9 Å². The number of hydrogen-bond donors (Lipinski definition) is 2. The van der Waals surface area contributed by atoms with Gasteiger partial charge >= 0.3 is 0 Å². The number of nitrogens with one attached hydrogen (secondary N) is 2. The van der Waals surface area contributed by atoms with E-state index in [1.807, 2.05) is 34.9 Å². The molecule has 0 unspecified atom stereocenters. The molecule has 0 fully saturated rings. The lowest BCUT2D eigenvalue weighted by Crippen LogP contribution is -2.20. The van der Waals surface area contributed by atoms with E-state index in [4.69, 9.17) is 0 Å². The Hall–Kier alpha value is -3.48. The van der Waals surface area contributed by atoms with Gasteiger partial charge in [0.25, 0.3) is 5.56 Å². The van der Waals surface area contributed by atoms with Gasteiger partial charge in [-0.2, -0.15) is 5.10 Å². The Bertz CT molecular complexity index is 1190. The summed E-state index contributed by atoms with van der Waals surface area (Å²) in [7, 11) is 0. The lowest BCUT2D eigenvalue weighted by molar-refractivity contribution is -0.115. The van der Waals surface area contributed by atoms with E-state index in [-0.39, 0.29) is 17.9 Å². The van der Waals surface area contributed by atoms with E-state index in [2.05, 4.69) is 27.4 Å². The first-order valence-corrected chi connectivity index (χ1v) is 8.89. The van der Waals surface area contributed by atoms with Gasteiger partial charge in [-0.1, -0.05) is 37.3 Å². The van der Waals surface area contributed by atoms with Crippen LogP contribution in [0.15, 0.2) is 53.3 Å². The van der Waals surface area contributed by atoms with E-state index in [0.717, 1.165) is 24.0 Å². The van der Waals surface area contributed by atoms with Crippen molar-refractivity contribution in [3.05, 3.63) is 64.6 Å². The molecular formula is C20H19N5O2. The maximum Gasteiger partial charge on any atom is 0.272 e. The van der Waals surface area contributed by atoms with Gasteiger partial charge in [0.15, 0.2) is 0 Å². The third kappa shape index (κ3) is 3.19. The molecule has 0 aliphatic carbocycles. The van der Waals surface area contributed by atoms with Crippen molar-refractivity contribution in [3.63, 3.8) is 0 Å². The first kappa shape index (κ1) is 17.0. The highest BCUT2D eigenvalue weighted by Crippen LogP contribution is 2.20. The predicted octanol–water partition coefficient (Wildman–Crippen LogP) is 2.86. The number of aryl methyl sites for hydroxylation is 1. The van der Waals surface area contributed by atoms with E-state index < -0.39 is 0 Å². The third-order valence-electron chi connectivity index (χ3n) is 4.46. The maximum atomic E-state index is 12.6. The zero-order valence-electron chi connectivity index (χ0n) is 14.9. The Labute approximate surface area is 155 Å². The topological polar surface area (TPSA) is 92.7 Å². The number of fused-ring (bicyclic) bond motifs is 2. The molecule has 0 aliphatic heterocycles. The number of anilines is 1. The number of nitrogens with zero attached hydrogens (tertiary/aromatic N) is 3. The summed E-state index contributed by atoms with van der Waals surface area (Å²) in [5.41, 5.74) is 2.09. The fourth-order valence-corrected chi connectivity index (χ4v) is 3.25. The third-order valence-corrected chi connectivity index (χ3v) is 4.46. The Morgan fingerprint density at radius 2 is 1.85 bits per heavy atom. The number of aromatic amines is 1. The van der Waals surface area contributed by atoms with Gasteiger partial charge in [0.1, 0.15) is 0 Å². The molecule has 0 aliphatic rings. The number of hydrogen-bond acceptors (Lipinski definition) is 4.